The van der Waals surface area contributed by atoms with E-state index < -0.39 is 0 Å². The Morgan fingerprint density at radius 3 is 2.56 bits per heavy atom. The second kappa shape index (κ2) is 5.76. The number of amides is 1. The number of methoxy groups -OCH3 is 2. The maximum atomic E-state index is 12.2. The van der Waals surface area contributed by atoms with Crippen LogP contribution in [0.1, 0.15) is 36.0 Å². The van der Waals surface area contributed by atoms with Gasteiger partial charge in [-0.1, -0.05) is 18.9 Å². The van der Waals surface area contributed by atoms with Crippen LogP contribution in [0, 0.1) is 0 Å². The van der Waals surface area contributed by atoms with Gasteiger partial charge in [0.2, 0.25) is 0 Å². The Hall–Kier alpha value is -1.71. The maximum absolute atomic E-state index is 12.2. The molecule has 1 aliphatic rings. The van der Waals surface area contributed by atoms with Crippen LogP contribution in [0.3, 0.4) is 0 Å². The zero-order valence-corrected chi connectivity index (χ0v) is 10.9. The van der Waals surface area contributed by atoms with Gasteiger partial charge in [-0.3, -0.25) is 4.79 Å². The lowest BCUT2D eigenvalue weighted by molar-refractivity contribution is 0.0934. The summed E-state index contributed by atoms with van der Waals surface area (Å²) in [6, 6.07) is 5.63. The van der Waals surface area contributed by atoms with Gasteiger partial charge < -0.3 is 14.8 Å². The average molecular weight is 249 g/mol. The smallest absolute Gasteiger partial charge is 0.255 e. The van der Waals surface area contributed by atoms with E-state index in [1.807, 2.05) is 0 Å². The molecule has 0 aromatic heterocycles. The van der Waals surface area contributed by atoms with E-state index in [1.54, 1.807) is 32.4 Å². The van der Waals surface area contributed by atoms with Crippen LogP contribution >= 0.6 is 0 Å². The number of para-hydroxylation sites is 1. The van der Waals surface area contributed by atoms with Gasteiger partial charge in [-0.2, -0.15) is 0 Å². The summed E-state index contributed by atoms with van der Waals surface area (Å²) < 4.78 is 10.5. The minimum atomic E-state index is -0.0855. The topological polar surface area (TPSA) is 47.6 Å². The fraction of sp³-hybridized carbons (Fsp3) is 0.500. The fourth-order valence-electron chi connectivity index (χ4n) is 2.40. The van der Waals surface area contributed by atoms with E-state index >= 15 is 0 Å². The third kappa shape index (κ3) is 2.58. The van der Waals surface area contributed by atoms with Gasteiger partial charge in [0.25, 0.3) is 5.91 Å². The minimum absolute atomic E-state index is 0.0855. The molecule has 0 aliphatic heterocycles. The van der Waals surface area contributed by atoms with Crippen molar-refractivity contribution < 1.29 is 14.3 Å². The Labute approximate surface area is 107 Å². The Kier molecular flexibility index (Phi) is 4.07. The second-order valence-corrected chi connectivity index (χ2v) is 4.50. The van der Waals surface area contributed by atoms with Gasteiger partial charge in [-0.25, -0.2) is 0 Å². The largest absolute Gasteiger partial charge is 0.493 e. The summed E-state index contributed by atoms with van der Waals surface area (Å²) in [7, 11) is 3.11. The molecule has 2 rings (SSSR count). The van der Waals surface area contributed by atoms with Crippen LogP contribution in [0.15, 0.2) is 18.2 Å². The van der Waals surface area contributed by atoms with Crippen molar-refractivity contribution in [2.45, 2.75) is 31.7 Å². The van der Waals surface area contributed by atoms with Crippen LogP contribution in [0.2, 0.25) is 0 Å². The van der Waals surface area contributed by atoms with Gasteiger partial charge in [0, 0.05) is 6.04 Å². The summed E-state index contributed by atoms with van der Waals surface area (Å²) in [5, 5.41) is 3.05. The molecule has 4 heteroatoms. The Bertz CT molecular complexity index is 425. The third-order valence-corrected chi connectivity index (χ3v) is 3.34. The molecular weight excluding hydrogens is 230 g/mol. The van der Waals surface area contributed by atoms with Crippen molar-refractivity contribution in [3.63, 3.8) is 0 Å². The summed E-state index contributed by atoms with van der Waals surface area (Å²) in [5.74, 6) is 0.990. The molecule has 0 heterocycles. The molecule has 0 spiro atoms. The van der Waals surface area contributed by atoms with Gasteiger partial charge >= 0.3 is 0 Å². The first-order chi connectivity index (χ1) is 8.76. The monoisotopic (exact) mass is 249 g/mol. The zero-order chi connectivity index (χ0) is 13.0. The molecule has 18 heavy (non-hydrogen) atoms. The van der Waals surface area contributed by atoms with E-state index in [1.165, 1.54) is 12.8 Å². The summed E-state index contributed by atoms with van der Waals surface area (Å²) in [6.45, 7) is 0. The number of hydrogen-bond acceptors (Lipinski definition) is 3. The van der Waals surface area contributed by atoms with Crippen molar-refractivity contribution >= 4 is 5.91 Å². The number of ether oxygens (including phenoxy) is 2. The van der Waals surface area contributed by atoms with Gasteiger partial charge in [0.05, 0.1) is 19.8 Å². The molecule has 1 saturated carbocycles. The highest BCUT2D eigenvalue weighted by Crippen LogP contribution is 2.31. The number of rotatable bonds is 4. The second-order valence-electron chi connectivity index (χ2n) is 4.50. The first-order valence-corrected chi connectivity index (χ1v) is 6.28. The summed E-state index contributed by atoms with van der Waals surface area (Å²) >= 11 is 0. The molecule has 1 fully saturated rings. The number of carbonyl (C=O) groups excluding carboxylic acids is 1. The molecule has 0 atom stereocenters. The Morgan fingerprint density at radius 1 is 1.22 bits per heavy atom. The number of benzene rings is 1. The van der Waals surface area contributed by atoms with Gasteiger partial charge in [0.1, 0.15) is 0 Å². The van der Waals surface area contributed by atoms with Crippen molar-refractivity contribution in [2.75, 3.05) is 14.2 Å². The first-order valence-electron chi connectivity index (χ1n) is 6.28. The SMILES string of the molecule is COc1cccc(C(=O)NC2CCCC2)c1OC. The summed E-state index contributed by atoms with van der Waals surface area (Å²) in [6.07, 6.45) is 4.52. The molecule has 0 bridgehead atoms. The maximum Gasteiger partial charge on any atom is 0.255 e. The first kappa shape index (κ1) is 12.7. The molecule has 1 aromatic rings. The van der Waals surface area contributed by atoms with E-state index in [-0.39, 0.29) is 5.91 Å². The van der Waals surface area contributed by atoms with E-state index in [4.69, 9.17) is 9.47 Å². The lowest BCUT2D eigenvalue weighted by Crippen LogP contribution is -2.32. The lowest BCUT2D eigenvalue weighted by Gasteiger charge is -2.15. The molecule has 0 radical (unpaired) electrons. The molecule has 1 aliphatic carbocycles. The van der Waals surface area contributed by atoms with Crippen LogP contribution in [-0.4, -0.2) is 26.2 Å². The predicted octanol–water partition coefficient (Wildman–Crippen LogP) is 2.38. The van der Waals surface area contributed by atoms with Crippen molar-refractivity contribution in [1.29, 1.82) is 0 Å². The molecule has 0 saturated heterocycles. The molecule has 98 valence electrons. The van der Waals surface area contributed by atoms with Crippen LogP contribution in [-0.2, 0) is 0 Å². The number of carbonyl (C=O) groups is 1. The Morgan fingerprint density at radius 2 is 1.94 bits per heavy atom. The van der Waals surface area contributed by atoms with Crippen LogP contribution in [0.5, 0.6) is 11.5 Å². The minimum Gasteiger partial charge on any atom is -0.493 e. The summed E-state index contributed by atoms with van der Waals surface area (Å²) in [4.78, 5) is 12.2. The van der Waals surface area contributed by atoms with E-state index in [9.17, 15) is 4.79 Å². The molecule has 1 aromatic carbocycles. The quantitative estimate of drug-likeness (QED) is 0.891. The highest BCUT2D eigenvalue weighted by atomic mass is 16.5. The highest BCUT2D eigenvalue weighted by Gasteiger charge is 2.21. The highest BCUT2D eigenvalue weighted by molar-refractivity contribution is 5.98. The van der Waals surface area contributed by atoms with Gasteiger partial charge in [0.15, 0.2) is 11.5 Å². The fourth-order valence-corrected chi connectivity index (χ4v) is 2.40. The third-order valence-electron chi connectivity index (χ3n) is 3.34. The van der Waals surface area contributed by atoms with Crippen molar-refractivity contribution in [2.24, 2.45) is 0 Å². The zero-order valence-electron chi connectivity index (χ0n) is 10.9. The molecule has 1 amide bonds. The number of nitrogens with one attached hydrogen (secondary N) is 1. The van der Waals surface area contributed by atoms with Crippen LogP contribution < -0.4 is 14.8 Å². The van der Waals surface area contributed by atoms with E-state index in [2.05, 4.69) is 5.32 Å². The number of hydrogen-bond donors (Lipinski definition) is 1. The molecule has 4 nitrogen and oxygen atoms in total. The lowest BCUT2D eigenvalue weighted by atomic mass is 10.1. The summed E-state index contributed by atoms with van der Waals surface area (Å²) in [5.41, 5.74) is 0.531. The van der Waals surface area contributed by atoms with E-state index in [0.717, 1.165) is 12.8 Å². The normalized spacial score (nSPS) is 15.4. The van der Waals surface area contributed by atoms with Crippen molar-refractivity contribution in [3.8, 4) is 11.5 Å². The van der Waals surface area contributed by atoms with E-state index in [0.29, 0.717) is 23.1 Å². The van der Waals surface area contributed by atoms with Crippen molar-refractivity contribution in [3.05, 3.63) is 23.8 Å². The predicted molar refractivity (Wildman–Crippen MR) is 69.3 cm³/mol. The van der Waals surface area contributed by atoms with Crippen molar-refractivity contribution in [1.82, 2.24) is 5.32 Å². The average Bonchev–Trinajstić information content (AvgIpc) is 2.90. The standard InChI is InChI=1S/C14H19NO3/c1-17-12-9-5-8-11(13(12)18-2)14(16)15-10-6-3-4-7-10/h5,8-10H,3-4,6-7H2,1-2H3,(H,15,16). The molecule has 0 unspecified atom stereocenters. The Balaban J connectivity index is 2.18. The van der Waals surface area contributed by atoms with Crippen LogP contribution in [0.25, 0.3) is 0 Å². The molecular formula is C14H19NO3. The van der Waals surface area contributed by atoms with Crippen LogP contribution in [0.4, 0.5) is 0 Å². The van der Waals surface area contributed by atoms with Gasteiger partial charge in [-0.05, 0) is 25.0 Å². The van der Waals surface area contributed by atoms with Gasteiger partial charge in [-0.15, -0.1) is 0 Å². The molecule has 1 N–H and O–H groups in total.